The molecule has 6 heteroatoms. The van der Waals surface area contributed by atoms with E-state index >= 15 is 0 Å². The largest absolute Gasteiger partial charge is 0.279 e. The first-order chi connectivity index (χ1) is 11.7. The fourth-order valence-electron chi connectivity index (χ4n) is 2.76. The molecule has 5 nitrogen and oxygen atoms in total. The average Bonchev–Trinajstić information content (AvgIpc) is 2.90. The Morgan fingerprint density at radius 3 is 2.67 bits per heavy atom. The predicted octanol–water partition coefficient (Wildman–Crippen LogP) is 2.96. The summed E-state index contributed by atoms with van der Waals surface area (Å²) in [6, 6.07) is 10.2. The standard InChI is InChI=1S/C18H17N3O2S/c19-11-12-5-4-7-14(9-12)17(22)20-21-18(23)16-10-13-6-2-1-3-8-15(13)24-16/h4-5,7,9-10H,1-3,6,8H2,(H,20,22)(H,21,23). The molecule has 2 N–H and O–H groups in total. The van der Waals surface area contributed by atoms with Gasteiger partial charge in [-0.3, -0.25) is 20.4 Å². The number of carbonyl (C=O) groups is 2. The van der Waals surface area contributed by atoms with E-state index in [4.69, 9.17) is 5.26 Å². The Hall–Kier alpha value is -2.65. The second-order valence-electron chi connectivity index (χ2n) is 5.72. The van der Waals surface area contributed by atoms with E-state index in [9.17, 15) is 9.59 Å². The highest BCUT2D eigenvalue weighted by molar-refractivity contribution is 7.14. The normalized spacial score (nSPS) is 13.3. The molecule has 2 aromatic rings. The summed E-state index contributed by atoms with van der Waals surface area (Å²) in [7, 11) is 0. The van der Waals surface area contributed by atoms with E-state index in [1.807, 2.05) is 12.1 Å². The van der Waals surface area contributed by atoms with Crippen molar-refractivity contribution >= 4 is 23.2 Å². The second-order valence-corrected chi connectivity index (χ2v) is 6.86. The maximum atomic E-state index is 12.2. The Kier molecular flexibility index (Phi) is 4.92. The van der Waals surface area contributed by atoms with E-state index in [0.29, 0.717) is 16.0 Å². The zero-order chi connectivity index (χ0) is 16.9. The molecule has 0 spiro atoms. The first kappa shape index (κ1) is 16.2. The van der Waals surface area contributed by atoms with E-state index < -0.39 is 5.91 Å². The van der Waals surface area contributed by atoms with Crippen LogP contribution in [-0.2, 0) is 12.8 Å². The molecule has 1 aromatic heterocycles. The molecule has 0 radical (unpaired) electrons. The molecule has 0 saturated heterocycles. The first-order valence-electron chi connectivity index (χ1n) is 7.90. The molecule has 122 valence electrons. The van der Waals surface area contributed by atoms with Crippen LogP contribution in [0.5, 0.6) is 0 Å². The van der Waals surface area contributed by atoms with Crippen LogP contribution in [0.15, 0.2) is 30.3 Å². The third-order valence-corrected chi connectivity index (χ3v) is 5.25. The number of aryl methyl sites for hydroxylation is 2. The quantitative estimate of drug-likeness (QED) is 0.652. The van der Waals surface area contributed by atoms with Crippen LogP contribution in [0.2, 0.25) is 0 Å². The summed E-state index contributed by atoms with van der Waals surface area (Å²) in [6.07, 6.45) is 5.62. The molecule has 3 rings (SSSR count). The fourth-order valence-corrected chi connectivity index (χ4v) is 3.91. The lowest BCUT2D eigenvalue weighted by atomic mass is 10.1. The molecule has 0 unspecified atom stereocenters. The number of hydrazine groups is 1. The minimum atomic E-state index is -0.446. The monoisotopic (exact) mass is 339 g/mol. The van der Waals surface area contributed by atoms with Crippen molar-refractivity contribution in [2.45, 2.75) is 32.1 Å². The van der Waals surface area contributed by atoms with Crippen LogP contribution in [0, 0.1) is 11.3 Å². The van der Waals surface area contributed by atoms with E-state index in [2.05, 4.69) is 10.9 Å². The van der Waals surface area contributed by atoms with E-state index in [-0.39, 0.29) is 5.91 Å². The van der Waals surface area contributed by atoms with Crippen molar-refractivity contribution in [3.63, 3.8) is 0 Å². The Bertz CT molecular complexity index is 796. The van der Waals surface area contributed by atoms with Gasteiger partial charge in [0.15, 0.2) is 0 Å². The third-order valence-electron chi connectivity index (χ3n) is 4.01. The Labute approximate surface area is 144 Å². The van der Waals surface area contributed by atoms with Gasteiger partial charge >= 0.3 is 0 Å². The fraction of sp³-hybridized carbons (Fsp3) is 0.278. The minimum absolute atomic E-state index is 0.308. The van der Waals surface area contributed by atoms with Gasteiger partial charge in [0, 0.05) is 10.4 Å². The smallest absolute Gasteiger partial charge is 0.267 e. The van der Waals surface area contributed by atoms with Gasteiger partial charge in [-0.25, -0.2) is 0 Å². The predicted molar refractivity (Wildman–Crippen MR) is 91.7 cm³/mol. The van der Waals surface area contributed by atoms with Gasteiger partial charge in [0.25, 0.3) is 11.8 Å². The topological polar surface area (TPSA) is 82.0 Å². The van der Waals surface area contributed by atoms with Crippen molar-refractivity contribution in [2.24, 2.45) is 0 Å². The summed E-state index contributed by atoms with van der Waals surface area (Å²) in [5.41, 5.74) is 6.84. The summed E-state index contributed by atoms with van der Waals surface area (Å²) in [4.78, 5) is 26.2. The average molecular weight is 339 g/mol. The summed E-state index contributed by atoms with van der Waals surface area (Å²) >= 11 is 1.50. The van der Waals surface area contributed by atoms with Crippen LogP contribution in [-0.4, -0.2) is 11.8 Å². The third kappa shape index (κ3) is 3.63. The minimum Gasteiger partial charge on any atom is -0.267 e. The number of benzene rings is 1. The number of nitrogens with one attached hydrogen (secondary N) is 2. The number of thiophene rings is 1. The van der Waals surface area contributed by atoms with Crippen molar-refractivity contribution in [3.8, 4) is 6.07 Å². The Balaban J connectivity index is 1.63. The van der Waals surface area contributed by atoms with Crippen LogP contribution in [0.4, 0.5) is 0 Å². The summed E-state index contributed by atoms with van der Waals surface area (Å²) in [5.74, 6) is -0.753. The number of hydrogen-bond acceptors (Lipinski definition) is 4. The number of hydrogen-bond donors (Lipinski definition) is 2. The molecular formula is C18H17N3O2S. The number of nitriles is 1. The number of amides is 2. The van der Waals surface area contributed by atoms with E-state index in [1.54, 1.807) is 18.2 Å². The van der Waals surface area contributed by atoms with Gasteiger partial charge in [-0.05, 0) is 55.5 Å². The van der Waals surface area contributed by atoms with Gasteiger partial charge in [0.05, 0.1) is 16.5 Å². The summed E-state index contributed by atoms with van der Waals surface area (Å²) < 4.78 is 0. The van der Waals surface area contributed by atoms with Crippen LogP contribution in [0.3, 0.4) is 0 Å². The lowest BCUT2D eigenvalue weighted by Gasteiger charge is -2.06. The van der Waals surface area contributed by atoms with Crippen LogP contribution in [0.25, 0.3) is 0 Å². The van der Waals surface area contributed by atoms with Crippen LogP contribution < -0.4 is 10.9 Å². The lowest BCUT2D eigenvalue weighted by Crippen LogP contribution is -2.41. The molecule has 24 heavy (non-hydrogen) atoms. The number of rotatable bonds is 2. The van der Waals surface area contributed by atoms with Gasteiger partial charge in [-0.2, -0.15) is 5.26 Å². The second kappa shape index (κ2) is 7.28. The SMILES string of the molecule is N#Cc1cccc(C(=O)NNC(=O)c2cc3c(s2)CCCCC3)c1. The Morgan fingerprint density at radius 1 is 1.04 bits per heavy atom. The summed E-state index contributed by atoms with van der Waals surface area (Å²) in [6.45, 7) is 0. The molecule has 0 bridgehead atoms. The zero-order valence-corrected chi connectivity index (χ0v) is 13.9. The molecule has 1 aliphatic carbocycles. The molecule has 1 aliphatic rings. The number of fused-ring (bicyclic) bond motifs is 1. The highest BCUT2D eigenvalue weighted by Gasteiger charge is 2.17. The molecular weight excluding hydrogens is 322 g/mol. The molecule has 2 amide bonds. The van der Waals surface area contributed by atoms with E-state index in [0.717, 1.165) is 19.3 Å². The highest BCUT2D eigenvalue weighted by atomic mass is 32.1. The van der Waals surface area contributed by atoms with Gasteiger partial charge in [-0.1, -0.05) is 12.5 Å². The lowest BCUT2D eigenvalue weighted by molar-refractivity contribution is 0.0849. The van der Waals surface area contributed by atoms with Gasteiger partial charge in [0.1, 0.15) is 0 Å². The van der Waals surface area contributed by atoms with Crippen molar-refractivity contribution in [1.29, 1.82) is 5.26 Å². The molecule has 0 saturated carbocycles. The molecule has 0 atom stereocenters. The van der Waals surface area contributed by atoms with Crippen LogP contribution in [0.1, 0.15) is 55.3 Å². The van der Waals surface area contributed by atoms with Crippen molar-refractivity contribution in [3.05, 3.63) is 56.8 Å². The zero-order valence-electron chi connectivity index (χ0n) is 13.1. The molecule has 1 heterocycles. The van der Waals surface area contributed by atoms with Crippen molar-refractivity contribution < 1.29 is 9.59 Å². The number of nitrogens with zero attached hydrogens (tertiary/aromatic N) is 1. The Morgan fingerprint density at radius 2 is 1.83 bits per heavy atom. The molecule has 0 fully saturated rings. The van der Waals surface area contributed by atoms with Gasteiger partial charge in [-0.15, -0.1) is 11.3 Å². The number of carbonyl (C=O) groups excluding carboxylic acids is 2. The van der Waals surface area contributed by atoms with Crippen molar-refractivity contribution in [2.75, 3.05) is 0 Å². The highest BCUT2D eigenvalue weighted by Crippen LogP contribution is 2.28. The first-order valence-corrected chi connectivity index (χ1v) is 8.71. The molecule has 0 aliphatic heterocycles. The summed E-state index contributed by atoms with van der Waals surface area (Å²) in [5, 5.41) is 8.86. The van der Waals surface area contributed by atoms with Crippen LogP contribution >= 0.6 is 11.3 Å². The van der Waals surface area contributed by atoms with E-state index in [1.165, 1.54) is 40.7 Å². The maximum Gasteiger partial charge on any atom is 0.279 e. The molecule has 1 aromatic carbocycles. The maximum absolute atomic E-state index is 12.2. The van der Waals surface area contributed by atoms with Gasteiger partial charge in [0.2, 0.25) is 0 Å². The van der Waals surface area contributed by atoms with Crippen molar-refractivity contribution in [1.82, 2.24) is 10.9 Å². The van der Waals surface area contributed by atoms with Gasteiger partial charge < -0.3 is 0 Å².